The summed E-state index contributed by atoms with van der Waals surface area (Å²) in [5.41, 5.74) is 10.8. The maximum atomic E-state index is 15.7. The summed E-state index contributed by atoms with van der Waals surface area (Å²) in [5, 5.41) is 14.1. The molecule has 0 bridgehead atoms. The SMILES string of the molecule is CC(C)(C)c1cc(-c2cccc3c2nc(-c2cc(C(C)(C)C)cc(C(C)(C)C)c2O)n3-c2ccc([Si](C)(C)C)cc2-c2ccccc2)[c-]c(-c2nc3cc(-c4c(F)c(F)c(F)c(F)c4F)ccc3n2-c2cc[c]([Ge]([CH3])([CH3])[CH3])cc2-c2ccccc2)c1.[Pt]. The number of benzene rings is 9. The third-order valence-corrected chi connectivity index (χ3v) is 22.8. The van der Waals surface area contributed by atoms with Gasteiger partial charge in [-0.2, -0.15) is 0 Å². The number of halogens is 5. The van der Waals surface area contributed by atoms with E-state index in [1.807, 2.05) is 41.0 Å². The monoisotopic (exact) mass is 1420 g/mol. The first-order valence-electron chi connectivity index (χ1n) is 29.2. The second-order valence-corrected chi connectivity index (χ2v) is 43.7. The van der Waals surface area contributed by atoms with Gasteiger partial charge in [0.15, 0.2) is 0 Å². The molecule has 0 radical (unpaired) electrons. The smallest absolute Gasteiger partial charge is 0 e. The van der Waals surface area contributed by atoms with E-state index < -0.39 is 66.8 Å². The quantitative estimate of drug-likeness (QED) is 0.0488. The number of aromatic nitrogens is 4. The summed E-state index contributed by atoms with van der Waals surface area (Å²) in [5.74, 6) is -2.00. The van der Waals surface area contributed by atoms with Crippen molar-refractivity contribution in [1.29, 1.82) is 0 Å². The minimum Gasteiger partial charge on any atom is 0 e. The van der Waals surface area contributed by atoms with Gasteiger partial charge in [0, 0.05) is 32.2 Å². The molecule has 0 aliphatic rings. The molecule has 5 nitrogen and oxygen atoms in total. The van der Waals surface area contributed by atoms with Crippen LogP contribution < -0.4 is 9.58 Å². The predicted molar refractivity (Wildman–Crippen MR) is 351 cm³/mol. The summed E-state index contributed by atoms with van der Waals surface area (Å²) < 4.78 is 81.3. The molecular formula is C74H72F5GeN4OPtSi-. The van der Waals surface area contributed by atoms with Gasteiger partial charge in [-0.3, -0.25) is 4.57 Å². The van der Waals surface area contributed by atoms with Gasteiger partial charge in [-0.25, -0.2) is 13.2 Å². The molecule has 0 aliphatic carbocycles. The average Bonchev–Trinajstić information content (AvgIpc) is 1.64. The molecule has 9 aromatic carbocycles. The summed E-state index contributed by atoms with van der Waals surface area (Å²) >= 11 is -2.50. The fraction of sp³-hybridized carbons (Fsp3) is 0.243. The summed E-state index contributed by atoms with van der Waals surface area (Å²) in [6, 6.07) is 56.6. The Hall–Kier alpha value is -7.18. The number of phenols is 1. The van der Waals surface area contributed by atoms with Crippen molar-refractivity contribution in [3.63, 3.8) is 0 Å². The summed E-state index contributed by atoms with van der Waals surface area (Å²) in [6.45, 7) is 26.4. The first-order valence-corrected chi connectivity index (χ1v) is 40.1. The number of fused-ring (bicyclic) bond motifs is 2. The second-order valence-electron chi connectivity index (χ2n) is 27.9. The molecule has 0 atom stereocenters. The number of rotatable bonds is 10. The normalized spacial score (nSPS) is 12.6. The largest absolute Gasteiger partial charge is 0 e. The molecule has 0 spiro atoms. The van der Waals surface area contributed by atoms with Crippen LogP contribution in [0.3, 0.4) is 0 Å². The average molecular weight is 1420 g/mol. The Bertz CT molecular complexity index is 4470. The van der Waals surface area contributed by atoms with Crippen molar-refractivity contribution in [3.05, 3.63) is 210 Å². The molecule has 11 rings (SSSR count). The van der Waals surface area contributed by atoms with Crippen molar-refractivity contribution in [2.45, 2.75) is 115 Å². The first-order chi connectivity index (χ1) is 40.3. The maximum Gasteiger partial charge on any atom is 0 e. The Morgan fingerprint density at radius 1 is 0.471 bits per heavy atom. The van der Waals surface area contributed by atoms with Gasteiger partial charge in [0.25, 0.3) is 0 Å². The number of phenolic OH excluding ortho intramolecular Hbond substituents is 1. The molecule has 0 saturated carbocycles. The van der Waals surface area contributed by atoms with E-state index in [-0.39, 0.29) is 43.3 Å². The standard InChI is InChI=1S/C74H72F5GeN4OSi.Pt/c1-72(2,3)48-36-46(35-47(37-48)70-81-57-38-45(62-63(75)65(77)67(79)66(78)64(62)76)29-32-60(57)83(70)58-33-30-50(80(10,11)12)41-53(58)43-23-18-16-19-24-43)52-27-22-28-61-68(52)82-71(55-39-49(73(4,5)6)40-56(69(55)85)74(7,8)9)84(61)59-34-31-51(86(13,14)15)42-54(59)44-25-20-17-21-26-44;/h16-34,36-42,85H,1-15H3;/q-1;. The van der Waals surface area contributed by atoms with Gasteiger partial charge < -0.3 is 5.11 Å². The van der Waals surface area contributed by atoms with Gasteiger partial charge >= 0.3 is 283 Å². The Kier molecular flexibility index (Phi) is 16.4. The fourth-order valence-electron chi connectivity index (χ4n) is 11.4. The zero-order valence-corrected chi connectivity index (χ0v) is 57.3. The number of hydrogen-bond donors (Lipinski definition) is 1. The van der Waals surface area contributed by atoms with Crippen molar-refractivity contribution < 1.29 is 48.1 Å². The van der Waals surface area contributed by atoms with E-state index in [1.54, 1.807) is 6.07 Å². The minimum absolute atomic E-state index is 0. The van der Waals surface area contributed by atoms with E-state index in [2.05, 4.69) is 213 Å². The van der Waals surface area contributed by atoms with Gasteiger partial charge in [0.2, 0.25) is 5.82 Å². The summed E-state index contributed by atoms with van der Waals surface area (Å²) in [6.07, 6.45) is 0. The van der Waals surface area contributed by atoms with Crippen LogP contribution in [-0.4, -0.2) is 45.5 Å². The Balaban J connectivity index is 0.00000838. The van der Waals surface area contributed by atoms with E-state index >= 15 is 8.78 Å². The van der Waals surface area contributed by atoms with Crippen molar-refractivity contribution >= 4 is 53.0 Å². The molecule has 11 aromatic rings. The molecular weight excluding hydrogens is 1350 g/mol. The van der Waals surface area contributed by atoms with Gasteiger partial charge in [0.05, 0.1) is 19.3 Å². The Morgan fingerprint density at radius 2 is 1.01 bits per heavy atom. The third kappa shape index (κ3) is 11.6. The van der Waals surface area contributed by atoms with Gasteiger partial charge in [-0.1, -0.05) is 115 Å². The topological polar surface area (TPSA) is 55.9 Å². The third-order valence-electron chi connectivity index (χ3n) is 16.5. The predicted octanol–water partition coefficient (Wildman–Crippen LogP) is 19.5. The Morgan fingerprint density at radius 3 is 1.57 bits per heavy atom. The molecule has 0 amide bonds. The van der Waals surface area contributed by atoms with Crippen LogP contribution in [0.15, 0.2) is 158 Å². The number of nitrogens with zero attached hydrogens (tertiary/aromatic N) is 4. The van der Waals surface area contributed by atoms with E-state index in [9.17, 15) is 18.3 Å². The van der Waals surface area contributed by atoms with E-state index in [0.717, 1.165) is 61.4 Å². The summed E-state index contributed by atoms with van der Waals surface area (Å²) in [7, 11) is -1.85. The van der Waals surface area contributed by atoms with Gasteiger partial charge in [-0.05, 0) is 40.2 Å². The molecule has 1 N–H and O–H groups in total. The minimum atomic E-state index is -2.50. The second kappa shape index (κ2) is 22.8. The van der Waals surface area contributed by atoms with E-state index in [0.29, 0.717) is 39.4 Å². The molecule has 0 fully saturated rings. The van der Waals surface area contributed by atoms with Crippen LogP contribution >= 0.6 is 0 Å². The van der Waals surface area contributed by atoms with Crippen LogP contribution in [0.2, 0.25) is 36.9 Å². The number of imidazole rings is 2. The Labute approximate surface area is 526 Å². The molecule has 0 saturated heterocycles. The zero-order chi connectivity index (χ0) is 61.9. The van der Waals surface area contributed by atoms with Crippen molar-refractivity contribution in [1.82, 2.24) is 19.1 Å². The summed E-state index contributed by atoms with van der Waals surface area (Å²) in [4.78, 5) is 11.0. The van der Waals surface area contributed by atoms with Crippen LogP contribution in [0.1, 0.15) is 79.0 Å². The molecule has 448 valence electrons. The zero-order valence-electron chi connectivity index (χ0n) is 52.0. The molecule has 13 heteroatoms. The van der Waals surface area contributed by atoms with Crippen LogP contribution in [0.4, 0.5) is 22.0 Å². The van der Waals surface area contributed by atoms with Crippen molar-refractivity contribution in [2.24, 2.45) is 0 Å². The van der Waals surface area contributed by atoms with Crippen molar-refractivity contribution in [2.75, 3.05) is 0 Å². The van der Waals surface area contributed by atoms with E-state index in [1.165, 1.54) is 21.7 Å². The van der Waals surface area contributed by atoms with Gasteiger partial charge in [0.1, 0.15) is 11.6 Å². The molecule has 2 aromatic heterocycles. The molecule has 87 heavy (non-hydrogen) atoms. The number of para-hydroxylation sites is 1. The fourth-order valence-corrected chi connectivity index (χ4v) is 15.0. The van der Waals surface area contributed by atoms with Crippen LogP contribution in [0.5, 0.6) is 5.75 Å². The maximum absolute atomic E-state index is 15.7. The van der Waals surface area contributed by atoms with Crippen LogP contribution in [-0.2, 0) is 37.3 Å². The first kappa shape index (κ1) is 62.9. The number of aromatic hydroxyl groups is 1. The van der Waals surface area contributed by atoms with Crippen LogP contribution in [0.25, 0.3) is 101 Å². The molecule has 0 aliphatic heterocycles. The molecule has 2 heterocycles. The van der Waals surface area contributed by atoms with Crippen LogP contribution in [0, 0.1) is 35.2 Å². The molecule has 0 unspecified atom stereocenters. The van der Waals surface area contributed by atoms with Gasteiger partial charge in [-0.15, -0.1) is 0 Å². The van der Waals surface area contributed by atoms with E-state index in [4.69, 9.17) is 9.97 Å². The van der Waals surface area contributed by atoms with Crippen molar-refractivity contribution in [3.8, 4) is 84.4 Å². The number of hydrogen-bond acceptors (Lipinski definition) is 3.